The second-order valence-electron chi connectivity index (χ2n) is 6.82. The first-order valence-electron chi connectivity index (χ1n) is 8.24. The lowest BCUT2D eigenvalue weighted by Gasteiger charge is -2.38. The highest BCUT2D eigenvalue weighted by molar-refractivity contribution is 4.93. The first-order chi connectivity index (χ1) is 8.86. The smallest absolute Gasteiger partial charge is 0.0697 e. The molecule has 104 valence electrons. The molecule has 0 bridgehead atoms. The summed E-state index contributed by atoms with van der Waals surface area (Å²) in [6, 6.07) is 0.734. The highest BCUT2D eigenvalue weighted by Crippen LogP contribution is 2.40. The van der Waals surface area contributed by atoms with Crippen LogP contribution in [0.1, 0.15) is 70.6 Å². The molecule has 3 fully saturated rings. The van der Waals surface area contributed by atoms with Gasteiger partial charge in [0.25, 0.3) is 0 Å². The van der Waals surface area contributed by atoms with Gasteiger partial charge in [-0.05, 0) is 44.6 Å². The third-order valence-corrected chi connectivity index (χ3v) is 5.47. The van der Waals surface area contributed by atoms with Crippen LogP contribution in [0.15, 0.2) is 0 Å². The van der Waals surface area contributed by atoms with Crippen molar-refractivity contribution in [2.75, 3.05) is 13.2 Å². The molecule has 3 aliphatic rings. The standard InChI is InChI=1S/C16H29NO/c1-2-6-14(5-1)7-11-17-15-8-12-18-16(13-15)9-3-4-10-16/h14-15,17H,1-13H2. The van der Waals surface area contributed by atoms with Crippen molar-refractivity contribution in [3.05, 3.63) is 0 Å². The van der Waals surface area contributed by atoms with E-state index in [-0.39, 0.29) is 5.60 Å². The molecule has 2 saturated carbocycles. The third kappa shape index (κ3) is 3.08. The zero-order chi connectivity index (χ0) is 12.3. The Balaban J connectivity index is 1.39. The molecule has 1 atom stereocenters. The van der Waals surface area contributed by atoms with Crippen molar-refractivity contribution >= 4 is 0 Å². The summed E-state index contributed by atoms with van der Waals surface area (Å²) in [4.78, 5) is 0. The molecule has 0 radical (unpaired) electrons. The van der Waals surface area contributed by atoms with Crippen LogP contribution < -0.4 is 5.32 Å². The van der Waals surface area contributed by atoms with Crippen molar-refractivity contribution in [2.45, 2.75) is 82.3 Å². The predicted octanol–water partition coefficient (Wildman–Crippen LogP) is 3.65. The average Bonchev–Trinajstić information content (AvgIpc) is 3.02. The molecule has 3 rings (SSSR count). The highest BCUT2D eigenvalue weighted by Gasteiger charge is 2.39. The van der Waals surface area contributed by atoms with Gasteiger partial charge in [0.2, 0.25) is 0 Å². The van der Waals surface area contributed by atoms with Crippen molar-refractivity contribution < 1.29 is 4.74 Å². The Morgan fingerprint density at radius 1 is 1.00 bits per heavy atom. The van der Waals surface area contributed by atoms with Gasteiger partial charge in [-0.2, -0.15) is 0 Å². The molecule has 0 aromatic heterocycles. The SMILES string of the molecule is C1CCC(CCNC2CCOC3(CCCC3)C2)C1. The number of hydrogen-bond donors (Lipinski definition) is 1. The fourth-order valence-electron chi connectivity index (χ4n) is 4.36. The first-order valence-corrected chi connectivity index (χ1v) is 8.24. The zero-order valence-corrected chi connectivity index (χ0v) is 11.8. The summed E-state index contributed by atoms with van der Waals surface area (Å²) < 4.78 is 6.10. The van der Waals surface area contributed by atoms with Gasteiger partial charge in [0.1, 0.15) is 0 Å². The molecule has 1 aliphatic heterocycles. The van der Waals surface area contributed by atoms with E-state index < -0.39 is 0 Å². The molecule has 0 aromatic rings. The minimum Gasteiger partial charge on any atom is -0.375 e. The summed E-state index contributed by atoms with van der Waals surface area (Å²) in [6.07, 6.45) is 15.2. The van der Waals surface area contributed by atoms with Gasteiger partial charge in [0.15, 0.2) is 0 Å². The van der Waals surface area contributed by atoms with Crippen LogP contribution in [0.25, 0.3) is 0 Å². The largest absolute Gasteiger partial charge is 0.375 e. The molecule has 1 unspecified atom stereocenters. The van der Waals surface area contributed by atoms with Gasteiger partial charge in [-0.25, -0.2) is 0 Å². The Bertz CT molecular complexity index is 254. The molecule has 1 saturated heterocycles. The number of nitrogens with one attached hydrogen (secondary N) is 1. The van der Waals surface area contributed by atoms with E-state index in [9.17, 15) is 0 Å². The number of hydrogen-bond acceptors (Lipinski definition) is 2. The molecule has 2 aliphatic carbocycles. The fourth-order valence-corrected chi connectivity index (χ4v) is 4.36. The van der Waals surface area contributed by atoms with Gasteiger partial charge in [-0.1, -0.05) is 38.5 Å². The van der Waals surface area contributed by atoms with Gasteiger partial charge in [-0.3, -0.25) is 0 Å². The Morgan fingerprint density at radius 2 is 1.78 bits per heavy atom. The first kappa shape index (κ1) is 12.9. The van der Waals surface area contributed by atoms with E-state index in [0.29, 0.717) is 0 Å². The van der Waals surface area contributed by atoms with Gasteiger partial charge < -0.3 is 10.1 Å². The van der Waals surface area contributed by atoms with Gasteiger partial charge >= 0.3 is 0 Å². The number of ether oxygens (including phenoxy) is 1. The lowest BCUT2D eigenvalue weighted by Crippen LogP contribution is -2.45. The van der Waals surface area contributed by atoms with Crippen LogP contribution in [0.5, 0.6) is 0 Å². The van der Waals surface area contributed by atoms with Crippen LogP contribution in [0, 0.1) is 5.92 Å². The van der Waals surface area contributed by atoms with E-state index in [1.165, 1.54) is 77.2 Å². The number of rotatable bonds is 4. The zero-order valence-electron chi connectivity index (χ0n) is 11.8. The summed E-state index contributed by atoms with van der Waals surface area (Å²) in [5.74, 6) is 1.03. The van der Waals surface area contributed by atoms with E-state index in [2.05, 4.69) is 5.32 Å². The van der Waals surface area contributed by atoms with Crippen molar-refractivity contribution in [3.8, 4) is 0 Å². The lowest BCUT2D eigenvalue weighted by atomic mass is 9.89. The summed E-state index contributed by atoms with van der Waals surface area (Å²) in [5, 5.41) is 3.82. The molecule has 1 heterocycles. The quantitative estimate of drug-likeness (QED) is 0.823. The van der Waals surface area contributed by atoms with Gasteiger partial charge in [0, 0.05) is 12.6 Å². The molecule has 1 spiro atoms. The second-order valence-corrected chi connectivity index (χ2v) is 6.82. The van der Waals surface area contributed by atoms with Crippen molar-refractivity contribution in [3.63, 3.8) is 0 Å². The Labute approximate surface area is 112 Å². The van der Waals surface area contributed by atoms with E-state index >= 15 is 0 Å². The lowest BCUT2D eigenvalue weighted by molar-refractivity contribution is -0.0836. The fraction of sp³-hybridized carbons (Fsp3) is 1.00. The van der Waals surface area contributed by atoms with Crippen LogP contribution in [-0.2, 0) is 4.74 Å². The van der Waals surface area contributed by atoms with Crippen LogP contribution >= 0.6 is 0 Å². The Kier molecular flexibility index (Phi) is 4.25. The van der Waals surface area contributed by atoms with E-state index in [1.54, 1.807) is 0 Å². The van der Waals surface area contributed by atoms with Crippen molar-refractivity contribution in [2.24, 2.45) is 5.92 Å². The molecule has 2 nitrogen and oxygen atoms in total. The van der Waals surface area contributed by atoms with Gasteiger partial charge in [-0.15, -0.1) is 0 Å². The van der Waals surface area contributed by atoms with Crippen LogP contribution in [0.4, 0.5) is 0 Å². The predicted molar refractivity (Wildman–Crippen MR) is 74.8 cm³/mol. The maximum absolute atomic E-state index is 6.10. The maximum Gasteiger partial charge on any atom is 0.0697 e. The summed E-state index contributed by atoms with van der Waals surface area (Å²) in [6.45, 7) is 2.23. The normalized spacial score (nSPS) is 32.3. The minimum atomic E-state index is 0.281. The Hall–Kier alpha value is -0.0800. The summed E-state index contributed by atoms with van der Waals surface area (Å²) in [5.41, 5.74) is 0.281. The van der Waals surface area contributed by atoms with E-state index in [1.807, 2.05) is 0 Å². The highest BCUT2D eigenvalue weighted by atomic mass is 16.5. The molecule has 18 heavy (non-hydrogen) atoms. The molecular weight excluding hydrogens is 222 g/mol. The van der Waals surface area contributed by atoms with Crippen LogP contribution in [-0.4, -0.2) is 24.8 Å². The topological polar surface area (TPSA) is 21.3 Å². The van der Waals surface area contributed by atoms with Crippen molar-refractivity contribution in [1.29, 1.82) is 0 Å². The Morgan fingerprint density at radius 3 is 2.56 bits per heavy atom. The minimum absolute atomic E-state index is 0.281. The average molecular weight is 251 g/mol. The monoisotopic (exact) mass is 251 g/mol. The van der Waals surface area contributed by atoms with Crippen molar-refractivity contribution in [1.82, 2.24) is 5.32 Å². The molecular formula is C16H29NO. The van der Waals surface area contributed by atoms with E-state index in [0.717, 1.165) is 18.6 Å². The van der Waals surface area contributed by atoms with Crippen LogP contribution in [0.2, 0.25) is 0 Å². The molecule has 1 N–H and O–H groups in total. The van der Waals surface area contributed by atoms with E-state index in [4.69, 9.17) is 4.74 Å². The third-order valence-electron chi connectivity index (χ3n) is 5.47. The molecule has 0 aromatic carbocycles. The molecule has 0 amide bonds. The summed E-state index contributed by atoms with van der Waals surface area (Å²) in [7, 11) is 0. The second kappa shape index (κ2) is 5.92. The maximum atomic E-state index is 6.10. The molecule has 2 heteroatoms. The van der Waals surface area contributed by atoms with Crippen LogP contribution in [0.3, 0.4) is 0 Å². The summed E-state index contributed by atoms with van der Waals surface area (Å²) >= 11 is 0. The van der Waals surface area contributed by atoms with Gasteiger partial charge in [0.05, 0.1) is 5.60 Å².